The van der Waals surface area contributed by atoms with Crippen LogP contribution in [0.25, 0.3) is 0 Å². The van der Waals surface area contributed by atoms with Gasteiger partial charge in [-0.1, -0.05) is 25.1 Å². The van der Waals surface area contributed by atoms with Gasteiger partial charge in [0.2, 0.25) is 0 Å². The van der Waals surface area contributed by atoms with Gasteiger partial charge in [-0.25, -0.2) is 8.42 Å². The Morgan fingerprint density at radius 3 is 2.44 bits per heavy atom. The topological polar surface area (TPSA) is 66.5 Å². The van der Waals surface area contributed by atoms with Crippen LogP contribution in [-0.2, 0) is 10.0 Å². The number of hydrogen-bond acceptors (Lipinski definition) is 4. The van der Waals surface area contributed by atoms with Gasteiger partial charge in [-0.2, -0.15) is 0 Å². The molecule has 1 heterocycles. The van der Waals surface area contributed by atoms with Gasteiger partial charge in [0.05, 0.1) is 10.6 Å². The first-order valence-corrected chi connectivity index (χ1v) is 11.7. The van der Waals surface area contributed by atoms with Crippen molar-refractivity contribution in [3.8, 4) is 0 Å². The van der Waals surface area contributed by atoms with Gasteiger partial charge in [-0.15, -0.1) is 11.3 Å². The number of benzene rings is 1. The highest BCUT2D eigenvalue weighted by molar-refractivity contribution is 7.92. The maximum atomic E-state index is 13.1. The first-order chi connectivity index (χ1) is 12.9. The quantitative estimate of drug-likeness (QED) is 0.779. The monoisotopic (exact) mass is 406 g/mol. The second kappa shape index (κ2) is 8.44. The number of carbonyl (C=O) groups excluding carboxylic acids is 1. The Kier molecular flexibility index (Phi) is 6.22. The fourth-order valence-corrected chi connectivity index (χ4v) is 5.88. The van der Waals surface area contributed by atoms with E-state index in [0.717, 1.165) is 25.7 Å². The molecule has 1 amide bonds. The molecule has 146 valence electrons. The Morgan fingerprint density at radius 1 is 1.15 bits per heavy atom. The van der Waals surface area contributed by atoms with E-state index in [1.54, 1.807) is 48.7 Å². The van der Waals surface area contributed by atoms with Crippen molar-refractivity contribution >= 4 is 33.0 Å². The lowest BCUT2D eigenvalue weighted by Gasteiger charge is -2.27. The largest absolute Gasteiger partial charge is 0.349 e. The molecular weight excluding hydrogens is 380 g/mol. The highest BCUT2D eigenvalue weighted by atomic mass is 32.2. The average Bonchev–Trinajstić information content (AvgIpc) is 3.14. The zero-order valence-electron chi connectivity index (χ0n) is 15.7. The van der Waals surface area contributed by atoms with Gasteiger partial charge in [0, 0.05) is 12.6 Å². The maximum Gasteiger partial charge on any atom is 0.264 e. The molecule has 0 radical (unpaired) electrons. The molecule has 0 atom stereocenters. The number of rotatable bonds is 6. The summed E-state index contributed by atoms with van der Waals surface area (Å²) in [6.45, 7) is 4.28. The van der Waals surface area contributed by atoms with Crippen LogP contribution in [0.1, 0.15) is 49.2 Å². The third-order valence-corrected chi connectivity index (χ3v) is 7.89. The van der Waals surface area contributed by atoms with Gasteiger partial charge >= 0.3 is 0 Å². The summed E-state index contributed by atoms with van der Waals surface area (Å²) in [4.78, 5) is 13.5. The van der Waals surface area contributed by atoms with E-state index >= 15 is 0 Å². The number of sulfonamides is 1. The first kappa shape index (κ1) is 19.9. The van der Waals surface area contributed by atoms with Crippen LogP contribution in [0.2, 0.25) is 0 Å². The SMILES string of the molecule is CCN(c1ccsc1C(=O)NC1CCC(C)CC1)S(=O)(=O)c1ccccc1. The van der Waals surface area contributed by atoms with Crippen molar-refractivity contribution in [3.05, 3.63) is 46.7 Å². The molecule has 1 aliphatic rings. The second-order valence-corrected chi connectivity index (χ2v) is 9.83. The Labute approximate surface area is 165 Å². The van der Waals surface area contributed by atoms with Crippen LogP contribution in [0.15, 0.2) is 46.7 Å². The molecule has 1 fully saturated rings. The summed E-state index contributed by atoms with van der Waals surface area (Å²) in [6, 6.07) is 10.2. The lowest BCUT2D eigenvalue weighted by molar-refractivity contribution is 0.0928. The average molecular weight is 407 g/mol. The maximum absolute atomic E-state index is 13.1. The summed E-state index contributed by atoms with van der Waals surface area (Å²) >= 11 is 1.28. The number of thiophene rings is 1. The Bertz CT molecular complexity index is 870. The standard InChI is InChI=1S/C20H26N2O3S2/c1-3-22(27(24,25)17-7-5-4-6-8-17)18-13-14-26-19(18)20(23)21-16-11-9-15(2)10-12-16/h4-8,13-16H,3,9-12H2,1-2H3,(H,21,23). The van der Waals surface area contributed by atoms with Crippen LogP contribution < -0.4 is 9.62 Å². The molecule has 1 aromatic heterocycles. The Hall–Kier alpha value is -1.86. The summed E-state index contributed by atoms with van der Waals surface area (Å²) in [5, 5.41) is 4.88. The molecule has 0 bridgehead atoms. The van der Waals surface area contributed by atoms with Gasteiger partial charge in [0.1, 0.15) is 4.88 Å². The van der Waals surface area contributed by atoms with Gasteiger partial charge < -0.3 is 5.32 Å². The van der Waals surface area contributed by atoms with Crippen molar-refractivity contribution in [1.29, 1.82) is 0 Å². The fraction of sp³-hybridized carbons (Fsp3) is 0.450. The minimum absolute atomic E-state index is 0.171. The predicted octanol–water partition coefficient (Wildman–Crippen LogP) is 4.27. The zero-order chi connectivity index (χ0) is 19.4. The van der Waals surface area contributed by atoms with Crippen LogP contribution in [0.3, 0.4) is 0 Å². The summed E-state index contributed by atoms with van der Waals surface area (Å²) in [7, 11) is -3.71. The molecule has 5 nitrogen and oxygen atoms in total. The highest BCUT2D eigenvalue weighted by Gasteiger charge is 2.29. The van der Waals surface area contributed by atoms with Crippen molar-refractivity contribution in [3.63, 3.8) is 0 Å². The minimum atomic E-state index is -3.71. The molecule has 2 aromatic rings. The number of amides is 1. The van der Waals surface area contributed by atoms with Crippen LogP contribution in [0.4, 0.5) is 5.69 Å². The number of anilines is 1. The first-order valence-electron chi connectivity index (χ1n) is 9.39. The summed E-state index contributed by atoms with van der Waals surface area (Å²) in [5.74, 6) is 0.531. The number of carbonyl (C=O) groups is 1. The van der Waals surface area contributed by atoms with Crippen molar-refractivity contribution in [1.82, 2.24) is 5.32 Å². The highest BCUT2D eigenvalue weighted by Crippen LogP contribution is 2.31. The molecule has 0 saturated heterocycles. The van der Waals surface area contributed by atoms with Crippen molar-refractivity contribution in [2.24, 2.45) is 5.92 Å². The molecule has 3 rings (SSSR count). The van der Waals surface area contributed by atoms with E-state index < -0.39 is 10.0 Å². The van der Waals surface area contributed by atoms with E-state index in [1.165, 1.54) is 15.6 Å². The summed E-state index contributed by atoms with van der Waals surface area (Å²) in [5.41, 5.74) is 0.452. The predicted molar refractivity (Wildman–Crippen MR) is 110 cm³/mol. The van der Waals surface area contributed by atoms with E-state index in [2.05, 4.69) is 12.2 Å². The molecule has 1 saturated carbocycles. The van der Waals surface area contributed by atoms with Gasteiger partial charge in [0.15, 0.2) is 0 Å². The molecule has 0 aliphatic heterocycles. The fourth-order valence-electron chi connectivity index (χ4n) is 3.51. The molecular formula is C20H26N2O3S2. The molecule has 0 unspecified atom stereocenters. The molecule has 1 aliphatic carbocycles. The number of hydrogen-bond donors (Lipinski definition) is 1. The van der Waals surface area contributed by atoms with Gasteiger partial charge in [-0.05, 0) is 62.1 Å². The Balaban J connectivity index is 1.83. The number of nitrogens with one attached hydrogen (secondary N) is 1. The van der Waals surface area contributed by atoms with E-state index in [1.807, 2.05) is 0 Å². The van der Waals surface area contributed by atoms with Crippen molar-refractivity contribution in [2.45, 2.75) is 50.5 Å². The van der Waals surface area contributed by atoms with E-state index in [9.17, 15) is 13.2 Å². The van der Waals surface area contributed by atoms with Gasteiger partial charge in [-0.3, -0.25) is 9.10 Å². The third kappa shape index (κ3) is 4.35. The third-order valence-electron chi connectivity index (χ3n) is 5.09. The lowest BCUT2D eigenvalue weighted by Crippen LogP contribution is -2.38. The lowest BCUT2D eigenvalue weighted by atomic mass is 9.87. The molecule has 7 heteroatoms. The molecule has 1 N–H and O–H groups in total. The molecule has 27 heavy (non-hydrogen) atoms. The zero-order valence-corrected chi connectivity index (χ0v) is 17.4. The number of nitrogens with zero attached hydrogens (tertiary/aromatic N) is 1. The second-order valence-electron chi connectivity index (χ2n) is 7.05. The van der Waals surface area contributed by atoms with Crippen molar-refractivity contribution in [2.75, 3.05) is 10.8 Å². The van der Waals surface area contributed by atoms with Gasteiger partial charge in [0.25, 0.3) is 15.9 Å². The molecule has 1 aromatic carbocycles. The summed E-state index contributed by atoms with van der Waals surface area (Å²) in [6.07, 6.45) is 4.19. The summed E-state index contributed by atoms with van der Waals surface area (Å²) < 4.78 is 27.4. The van der Waals surface area contributed by atoms with E-state index in [-0.39, 0.29) is 23.4 Å². The van der Waals surface area contributed by atoms with Crippen LogP contribution in [-0.4, -0.2) is 26.9 Å². The molecule has 0 spiro atoms. The van der Waals surface area contributed by atoms with Crippen molar-refractivity contribution < 1.29 is 13.2 Å². The van der Waals surface area contributed by atoms with E-state index in [4.69, 9.17) is 0 Å². The van der Waals surface area contributed by atoms with E-state index in [0.29, 0.717) is 16.5 Å². The van der Waals surface area contributed by atoms with Crippen LogP contribution in [0.5, 0.6) is 0 Å². The van der Waals surface area contributed by atoms with Crippen LogP contribution >= 0.6 is 11.3 Å². The van der Waals surface area contributed by atoms with Crippen LogP contribution in [0, 0.1) is 5.92 Å². The Morgan fingerprint density at radius 2 is 1.81 bits per heavy atom. The normalized spacial score (nSPS) is 20.2. The smallest absolute Gasteiger partial charge is 0.264 e. The minimum Gasteiger partial charge on any atom is -0.349 e.